The van der Waals surface area contributed by atoms with Crippen LogP contribution in [0.15, 0.2) is 89.8 Å². The smallest absolute Gasteiger partial charge is 0.294 e. The Kier molecular flexibility index (Phi) is 7.44. The van der Waals surface area contributed by atoms with Gasteiger partial charge in [-0.05, 0) is 58.4 Å². The first-order valence-electron chi connectivity index (χ1n) is 11.6. The molecule has 0 unspecified atom stereocenters. The van der Waals surface area contributed by atoms with E-state index in [9.17, 15) is 18.8 Å². The Balaban J connectivity index is 1.39. The number of nitrogens with one attached hydrogen (secondary N) is 1. The van der Waals surface area contributed by atoms with Crippen molar-refractivity contribution in [1.29, 1.82) is 0 Å². The Hall–Kier alpha value is -4.14. The summed E-state index contributed by atoms with van der Waals surface area (Å²) in [6.07, 6.45) is 1.63. The molecule has 0 spiro atoms. The van der Waals surface area contributed by atoms with Gasteiger partial charge in [0.05, 0.1) is 9.93 Å². The van der Waals surface area contributed by atoms with E-state index in [0.717, 1.165) is 39.1 Å². The van der Waals surface area contributed by atoms with Crippen LogP contribution < -0.4 is 10.1 Å². The molecular weight excluding hydrogens is 527 g/mol. The normalized spacial score (nSPS) is 14.4. The van der Waals surface area contributed by atoms with E-state index >= 15 is 0 Å². The van der Waals surface area contributed by atoms with E-state index in [1.54, 1.807) is 6.08 Å². The molecule has 1 N–H and O–H groups in total. The summed E-state index contributed by atoms with van der Waals surface area (Å²) in [5.41, 5.74) is 1.90. The molecule has 6 nitrogen and oxygen atoms in total. The number of hydrogen-bond acceptors (Lipinski definition) is 5. The fraction of sp³-hybridized carbons (Fsp3) is 0.0690. The second kappa shape index (κ2) is 11.1. The Morgan fingerprint density at radius 2 is 1.76 bits per heavy atom. The van der Waals surface area contributed by atoms with Crippen LogP contribution in [0.1, 0.15) is 11.1 Å². The number of rotatable bonds is 7. The Labute approximate surface area is 227 Å². The van der Waals surface area contributed by atoms with Gasteiger partial charge >= 0.3 is 0 Å². The highest BCUT2D eigenvalue weighted by molar-refractivity contribution is 8.18. The lowest BCUT2D eigenvalue weighted by atomic mass is 10.0. The fourth-order valence-corrected chi connectivity index (χ4v) is 4.97. The number of benzene rings is 4. The molecular formula is C29H20ClFN2O4S. The van der Waals surface area contributed by atoms with Crippen molar-refractivity contribution in [3.63, 3.8) is 0 Å². The Morgan fingerprint density at radius 1 is 1.00 bits per heavy atom. The molecule has 0 saturated carbocycles. The molecule has 1 aliphatic heterocycles. The van der Waals surface area contributed by atoms with Crippen LogP contribution in [0.5, 0.6) is 5.75 Å². The van der Waals surface area contributed by atoms with Crippen molar-refractivity contribution >= 4 is 63.0 Å². The SMILES string of the molecule is O=C(CN1C(=O)S/C(=C/c2c(OCc3ccccc3)ccc3ccccc23)C1=O)Nc1ccc(F)c(Cl)c1. The van der Waals surface area contributed by atoms with Gasteiger partial charge in [-0.1, -0.05) is 72.3 Å². The van der Waals surface area contributed by atoms with Crippen LogP contribution in [0.3, 0.4) is 0 Å². The lowest BCUT2D eigenvalue weighted by Gasteiger charge is -2.14. The molecule has 1 heterocycles. The van der Waals surface area contributed by atoms with Crippen molar-refractivity contribution in [3.8, 4) is 5.75 Å². The van der Waals surface area contributed by atoms with Gasteiger partial charge in [-0.25, -0.2) is 4.39 Å². The molecule has 0 aliphatic carbocycles. The third kappa shape index (κ3) is 5.56. The summed E-state index contributed by atoms with van der Waals surface area (Å²) in [6, 6.07) is 24.8. The summed E-state index contributed by atoms with van der Waals surface area (Å²) in [4.78, 5) is 39.4. The molecule has 0 bridgehead atoms. The van der Waals surface area contributed by atoms with E-state index in [2.05, 4.69) is 5.32 Å². The molecule has 3 amide bonds. The first kappa shape index (κ1) is 25.5. The van der Waals surface area contributed by atoms with E-state index in [0.29, 0.717) is 17.9 Å². The van der Waals surface area contributed by atoms with Gasteiger partial charge in [-0.2, -0.15) is 0 Å². The van der Waals surface area contributed by atoms with Gasteiger partial charge in [-0.15, -0.1) is 0 Å². The van der Waals surface area contributed by atoms with Crippen molar-refractivity contribution in [1.82, 2.24) is 4.90 Å². The maximum Gasteiger partial charge on any atom is 0.294 e. The van der Waals surface area contributed by atoms with Crippen molar-refractivity contribution in [2.45, 2.75) is 6.61 Å². The zero-order chi connectivity index (χ0) is 26.6. The lowest BCUT2D eigenvalue weighted by molar-refractivity contribution is -0.127. The van der Waals surface area contributed by atoms with Gasteiger partial charge in [0.25, 0.3) is 11.1 Å². The van der Waals surface area contributed by atoms with Crippen LogP contribution in [0, 0.1) is 5.82 Å². The molecule has 0 radical (unpaired) electrons. The minimum atomic E-state index is -0.624. The zero-order valence-electron chi connectivity index (χ0n) is 19.8. The Bertz CT molecular complexity index is 1590. The second-order valence-corrected chi connectivity index (χ2v) is 9.82. The number of carbonyl (C=O) groups is 3. The molecule has 5 rings (SSSR count). The highest BCUT2D eigenvalue weighted by Gasteiger charge is 2.36. The van der Waals surface area contributed by atoms with Crippen LogP contribution in [0.25, 0.3) is 16.8 Å². The van der Waals surface area contributed by atoms with E-state index in [1.165, 1.54) is 12.1 Å². The number of nitrogens with zero attached hydrogens (tertiary/aromatic N) is 1. The molecule has 0 aromatic heterocycles. The second-order valence-electron chi connectivity index (χ2n) is 8.42. The first-order chi connectivity index (χ1) is 18.4. The molecule has 9 heteroatoms. The molecule has 1 saturated heterocycles. The third-order valence-corrected chi connectivity index (χ3v) is 7.02. The van der Waals surface area contributed by atoms with E-state index in [1.807, 2.05) is 66.7 Å². The standard InChI is InChI=1S/C29H20ClFN2O4S/c30-23-14-20(11-12-24(23)31)32-27(34)16-33-28(35)26(38-29(33)36)15-22-21-9-5-4-8-19(21)10-13-25(22)37-17-18-6-2-1-3-7-18/h1-15H,16-17H2,(H,32,34)/b26-15+. The summed E-state index contributed by atoms with van der Waals surface area (Å²) in [5.74, 6) is -1.27. The molecule has 38 heavy (non-hydrogen) atoms. The van der Waals surface area contributed by atoms with Gasteiger partial charge in [-0.3, -0.25) is 19.3 Å². The summed E-state index contributed by atoms with van der Waals surface area (Å²) in [5, 5.41) is 3.60. The van der Waals surface area contributed by atoms with E-state index < -0.39 is 29.4 Å². The van der Waals surface area contributed by atoms with Crippen LogP contribution in [-0.2, 0) is 16.2 Å². The number of hydrogen-bond donors (Lipinski definition) is 1. The number of thioether (sulfide) groups is 1. The summed E-state index contributed by atoms with van der Waals surface area (Å²) >= 11 is 6.51. The van der Waals surface area contributed by atoms with Crippen molar-refractivity contribution < 1.29 is 23.5 Å². The minimum absolute atomic E-state index is 0.155. The molecule has 1 aliphatic rings. The van der Waals surface area contributed by atoms with Gasteiger partial charge in [0.1, 0.15) is 24.7 Å². The number of ether oxygens (including phenoxy) is 1. The van der Waals surface area contributed by atoms with E-state index in [-0.39, 0.29) is 15.6 Å². The molecule has 190 valence electrons. The van der Waals surface area contributed by atoms with Crippen LogP contribution in [0.2, 0.25) is 5.02 Å². The highest BCUT2D eigenvalue weighted by Crippen LogP contribution is 2.37. The fourth-order valence-electron chi connectivity index (χ4n) is 3.97. The predicted octanol–water partition coefficient (Wildman–Crippen LogP) is 6.89. The quantitative estimate of drug-likeness (QED) is 0.256. The molecule has 1 fully saturated rings. The zero-order valence-corrected chi connectivity index (χ0v) is 21.4. The summed E-state index contributed by atoms with van der Waals surface area (Å²) in [6.45, 7) is -0.168. The number of halogens is 2. The number of anilines is 1. The average Bonchev–Trinajstić information content (AvgIpc) is 3.18. The van der Waals surface area contributed by atoms with Crippen molar-refractivity contribution in [2.75, 3.05) is 11.9 Å². The average molecular weight is 547 g/mol. The predicted molar refractivity (Wildman–Crippen MR) is 147 cm³/mol. The topological polar surface area (TPSA) is 75.7 Å². The number of amides is 3. The minimum Gasteiger partial charge on any atom is -0.488 e. The van der Waals surface area contributed by atoms with Crippen LogP contribution in [-0.4, -0.2) is 28.5 Å². The number of fused-ring (bicyclic) bond motifs is 1. The largest absolute Gasteiger partial charge is 0.488 e. The van der Waals surface area contributed by atoms with Crippen molar-refractivity contribution in [2.24, 2.45) is 0 Å². The van der Waals surface area contributed by atoms with E-state index in [4.69, 9.17) is 16.3 Å². The summed E-state index contributed by atoms with van der Waals surface area (Å²) < 4.78 is 19.5. The van der Waals surface area contributed by atoms with Gasteiger partial charge in [0, 0.05) is 11.3 Å². The van der Waals surface area contributed by atoms with Crippen LogP contribution in [0.4, 0.5) is 14.9 Å². The number of imide groups is 1. The lowest BCUT2D eigenvalue weighted by Crippen LogP contribution is -2.36. The van der Waals surface area contributed by atoms with Gasteiger partial charge < -0.3 is 10.1 Å². The third-order valence-electron chi connectivity index (χ3n) is 5.82. The molecule has 4 aromatic rings. The molecule has 4 aromatic carbocycles. The molecule has 0 atom stereocenters. The van der Waals surface area contributed by atoms with Gasteiger partial charge in [0.2, 0.25) is 5.91 Å². The van der Waals surface area contributed by atoms with Crippen molar-refractivity contribution in [3.05, 3.63) is 112 Å². The first-order valence-corrected chi connectivity index (χ1v) is 12.8. The monoisotopic (exact) mass is 546 g/mol. The van der Waals surface area contributed by atoms with Gasteiger partial charge in [0.15, 0.2) is 0 Å². The number of carbonyl (C=O) groups excluding carboxylic acids is 3. The maximum atomic E-state index is 13.4. The Morgan fingerprint density at radius 3 is 2.55 bits per heavy atom. The summed E-state index contributed by atoms with van der Waals surface area (Å²) in [7, 11) is 0. The van der Waals surface area contributed by atoms with Crippen LogP contribution >= 0.6 is 23.4 Å². The maximum absolute atomic E-state index is 13.4. The highest BCUT2D eigenvalue weighted by atomic mass is 35.5.